The standard InChI is InChI=1S/C22H18FNO2/c1-26-22(17-12-6-8-14-7-2-3-9-15(14)17)18-11-5-4-10-16(18)21(25)24(22)20-13-19(20)23/h2-12,19-20H,13H2,1H3/t19-,20+,22?/m1/s1. The third kappa shape index (κ3) is 1.88. The number of methoxy groups -OCH3 is 1. The first-order valence-electron chi connectivity index (χ1n) is 8.79. The predicted octanol–water partition coefficient (Wildman–Crippen LogP) is 4.25. The average Bonchev–Trinajstić information content (AvgIpc) is 3.34. The summed E-state index contributed by atoms with van der Waals surface area (Å²) < 4.78 is 20.2. The van der Waals surface area contributed by atoms with E-state index >= 15 is 0 Å². The third-order valence-corrected chi connectivity index (χ3v) is 5.54. The van der Waals surface area contributed by atoms with Crippen LogP contribution in [0.25, 0.3) is 10.8 Å². The van der Waals surface area contributed by atoms with Crippen molar-refractivity contribution >= 4 is 16.7 Å². The maximum absolute atomic E-state index is 14.1. The zero-order valence-electron chi connectivity index (χ0n) is 14.4. The topological polar surface area (TPSA) is 29.5 Å². The molecule has 1 aliphatic carbocycles. The number of hydrogen-bond donors (Lipinski definition) is 0. The normalized spacial score (nSPS) is 27.0. The van der Waals surface area contributed by atoms with Gasteiger partial charge in [0.2, 0.25) is 0 Å². The van der Waals surface area contributed by atoms with Gasteiger partial charge in [-0.25, -0.2) is 4.39 Å². The fourth-order valence-corrected chi connectivity index (χ4v) is 4.29. The molecule has 4 heteroatoms. The van der Waals surface area contributed by atoms with Crippen molar-refractivity contribution in [3.63, 3.8) is 0 Å². The molecule has 0 bridgehead atoms. The van der Waals surface area contributed by atoms with Crippen LogP contribution in [0.2, 0.25) is 0 Å². The molecule has 1 amide bonds. The third-order valence-electron chi connectivity index (χ3n) is 5.54. The maximum Gasteiger partial charge on any atom is 0.257 e. The number of ether oxygens (including phenoxy) is 1. The molecule has 5 rings (SSSR count). The average molecular weight is 347 g/mol. The summed E-state index contributed by atoms with van der Waals surface area (Å²) in [4.78, 5) is 14.8. The van der Waals surface area contributed by atoms with Crippen molar-refractivity contribution in [3.05, 3.63) is 83.4 Å². The summed E-state index contributed by atoms with van der Waals surface area (Å²) in [6, 6.07) is 21.0. The minimum absolute atomic E-state index is 0.166. The van der Waals surface area contributed by atoms with Crippen LogP contribution in [0, 0.1) is 0 Å². The second-order valence-electron chi connectivity index (χ2n) is 6.91. The van der Waals surface area contributed by atoms with Crippen LogP contribution in [-0.2, 0) is 10.5 Å². The maximum atomic E-state index is 14.1. The highest BCUT2D eigenvalue weighted by molar-refractivity contribution is 6.02. The van der Waals surface area contributed by atoms with Crippen LogP contribution in [0.4, 0.5) is 4.39 Å². The Bertz CT molecular complexity index is 1030. The molecular formula is C22H18FNO2. The molecule has 1 aliphatic heterocycles. The van der Waals surface area contributed by atoms with Crippen LogP contribution in [-0.4, -0.2) is 30.1 Å². The molecule has 1 fully saturated rings. The summed E-state index contributed by atoms with van der Waals surface area (Å²) in [6.45, 7) is 0. The molecule has 1 unspecified atom stereocenters. The quantitative estimate of drug-likeness (QED) is 0.709. The molecule has 0 aromatic heterocycles. The van der Waals surface area contributed by atoms with E-state index in [4.69, 9.17) is 4.74 Å². The Labute approximate surface area is 151 Å². The molecule has 3 nitrogen and oxygen atoms in total. The van der Waals surface area contributed by atoms with Crippen molar-refractivity contribution in [3.8, 4) is 0 Å². The predicted molar refractivity (Wildman–Crippen MR) is 97.6 cm³/mol. The zero-order valence-corrected chi connectivity index (χ0v) is 14.4. The highest BCUT2D eigenvalue weighted by Crippen LogP contribution is 2.51. The fourth-order valence-electron chi connectivity index (χ4n) is 4.29. The van der Waals surface area contributed by atoms with E-state index in [1.807, 2.05) is 60.7 Å². The molecule has 3 atom stereocenters. The zero-order chi connectivity index (χ0) is 17.9. The summed E-state index contributed by atoms with van der Waals surface area (Å²) in [5.41, 5.74) is 1.12. The van der Waals surface area contributed by atoms with E-state index in [-0.39, 0.29) is 5.91 Å². The van der Waals surface area contributed by atoms with Crippen LogP contribution >= 0.6 is 0 Å². The van der Waals surface area contributed by atoms with Crippen LogP contribution in [0.15, 0.2) is 66.7 Å². The van der Waals surface area contributed by atoms with Gasteiger partial charge in [0.15, 0.2) is 5.72 Å². The molecule has 0 saturated heterocycles. The Hall–Kier alpha value is -2.72. The van der Waals surface area contributed by atoms with Crippen LogP contribution in [0.1, 0.15) is 27.9 Å². The molecule has 1 heterocycles. The SMILES string of the molecule is COC1(c2cccc3ccccc23)c2ccccc2C(=O)N1[C@H]1C[C@H]1F. The Morgan fingerprint density at radius 3 is 2.42 bits per heavy atom. The first-order valence-corrected chi connectivity index (χ1v) is 8.79. The number of alkyl halides is 1. The van der Waals surface area contributed by atoms with E-state index in [0.717, 1.165) is 21.9 Å². The van der Waals surface area contributed by atoms with Gasteiger partial charge < -0.3 is 4.74 Å². The second kappa shape index (κ2) is 5.39. The van der Waals surface area contributed by atoms with E-state index in [0.29, 0.717) is 12.0 Å². The Balaban J connectivity index is 1.86. The molecule has 0 radical (unpaired) electrons. The number of benzene rings is 3. The van der Waals surface area contributed by atoms with Gasteiger partial charge in [-0.05, 0) is 16.8 Å². The number of fused-ring (bicyclic) bond motifs is 2. The van der Waals surface area contributed by atoms with Gasteiger partial charge in [0.1, 0.15) is 6.17 Å². The molecule has 2 aliphatic rings. The Morgan fingerprint density at radius 2 is 1.65 bits per heavy atom. The number of hydrogen-bond acceptors (Lipinski definition) is 2. The van der Waals surface area contributed by atoms with E-state index in [1.165, 1.54) is 0 Å². The fraction of sp³-hybridized carbons (Fsp3) is 0.227. The largest absolute Gasteiger partial charge is 0.350 e. The van der Waals surface area contributed by atoms with Crippen molar-refractivity contribution in [2.75, 3.05) is 7.11 Å². The number of carbonyl (C=O) groups is 1. The number of nitrogens with zero attached hydrogens (tertiary/aromatic N) is 1. The van der Waals surface area contributed by atoms with Gasteiger partial charge in [0.25, 0.3) is 5.91 Å². The van der Waals surface area contributed by atoms with Gasteiger partial charge in [-0.1, -0.05) is 60.7 Å². The number of amides is 1. The lowest BCUT2D eigenvalue weighted by Crippen LogP contribution is -2.48. The first-order chi connectivity index (χ1) is 12.7. The smallest absolute Gasteiger partial charge is 0.257 e. The summed E-state index contributed by atoms with van der Waals surface area (Å²) in [7, 11) is 1.60. The van der Waals surface area contributed by atoms with E-state index in [9.17, 15) is 9.18 Å². The molecular weight excluding hydrogens is 329 g/mol. The van der Waals surface area contributed by atoms with Crippen molar-refractivity contribution in [1.29, 1.82) is 0 Å². The van der Waals surface area contributed by atoms with Crippen molar-refractivity contribution < 1.29 is 13.9 Å². The van der Waals surface area contributed by atoms with Gasteiger partial charge in [-0.3, -0.25) is 9.69 Å². The number of carbonyl (C=O) groups excluding carboxylic acids is 1. The molecule has 26 heavy (non-hydrogen) atoms. The number of rotatable bonds is 3. The Kier molecular flexibility index (Phi) is 3.22. The lowest BCUT2D eigenvalue weighted by molar-refractivity contribution is -0.0875. The van der Waals surface area contributed by atoms with Gasteiger partial charge >= 0.3 is 0 Å². The minimum atomic E-state index is -1.11. The Morgan fingerprint density at radius 1 is 1.00 bits per heavy atom. The van der Waals surface area contributed by atoms with Crippen LogP contribution in [0.5, 0.6) is 0 Å². The van der Waals surface area contributed by atoms with E-state index in [2.05, 4.69) is 0 Å². The molecule has 0 spiro atoms. The van der Waals surface area contributed by atoms with Gasteiger partial charge in [0.05, 0.1) is 6.04 Å². The van der Waals surface area contributed by atoms with Gasteiger partial charge in [0, 0.05) is 30.2 Å². The summed E-state index contributed by atoms with van der Waals surface area (Å²) >= 11 is 0. The van der Waals surface area contributed by atoms with Crippen molar-refractivity contribution in [2.45, 2.75) is 24.4 Å². The molecule has 0 N–H and O–H groups in total. The van der Waals surface area contributed by atoms with Gasteiger partial charge in [-0.2, -0.15) is 0 Å². The lowest BCUT2D eigenvalue weighted by Gasteiger charge is -2.39. The second-order valence-corrected chi connectivity index (χ2v) is 6.91. The summed E-state index contributed by atoms with van der Waals surface area (Å²) in [6.07, 6.45) is -0.645. The van der Waals surface area contributed by atoms with Crippen LogP contribution in [0.3, 0.4) is 0 Å². The first kappa shape index (κ1) is 15.5. The highest BCUT2D eigenvalue weighted by Gasteiger charge is 2.60. The molecule has 3 aromatic carbocycles. The lowest BCUT2D eigenvalue weighted by atomic mass is 9.89. The van der Waals surface area contributed by atoms with Crippen molar-refractivity contribution in [1.82, 2.24) is 4.90 Å². The molecule has 1 saturated carbocycles. The monoisotopic (exact) mass is 347 g/mol. The minimum Gasteiger partial charge on any atom is -0.350 e. The summed E-state index contributed by atoms with van der Waals surface area (Å²) in [5, 5.41) is 2.06. The van der Waals surface area contributed by atoms with E-state index < -0.39 is 17.9 Å². The van der Waals surface area contributed by atoms with E-state index in [1.54, 1.807) is 18.1 Å². The molecule has 3 aromatic rings. The van der Waals surface area contributed by atoms with Crippen molar-refractivity contribution in [2.24, 2.45) is 0 Å². The summed E-state index contributed by atoms with van der Waals surface area (Å²) in [5.74, 6) is -0.166. The van der Waals surface area contributed by atoms with Crippen LogP contribution < -0.4 is 0 Å². The number of halogens is 1. The highest BCUT2D eigenvalue weighted by atomic mass is 19.1. The van der Waals surface area contributed by atoms with Gasteiger partial charge in [-0.15, -0.1) is 0 Å². The molecule has 130 valence electrons.